The van der Waals surface area contributed by atoms with Crippen molar-refractivity contribution >= 4 is 5.91 Å². The van der Waals surface area contributed by atoms with Gasteiger partial charge in [-0.15, -0.1) is 5.10 Å². The number of fused-ring (bicyclic) bond motifs is 1. The van der Waals surface area contributed by atoms with Crippen molar-refractivity contribution < 1.29 is 9.53 Å². The minimum absolute atomic E-state index is 0.0253. The molecule has 158 valence electrons. The van der Waals surface area contributed by atoms with E-state index in [0.29, 0.717) is 43.5 Å². The van der Waals surface area contributed by atoms with Crippen molar-refractivity contribution in [1.29, 1.82) is 0 Å². The first kappa shape index (κ1) is 19.2. The van der Waals surface area contributed by atoms with E-state index < -0.39 is 0 Å². The van der Waals surface area contributed by atoms with Crippen LogP contribution < -0.4 is 0 Å². The van der Waals surface area contributed by atoms with E-state index in [1.165, 1.54) is 12.8 Å². The van der Waals surface area contributed by atoms with Gasteiger partial charge in [-0.3, -0.25) is 9.69 Å². The van der Waals surface area contributed by atoms with E-state index in [9.17, 15) is 4.79 Å². The lowest BCUT2D eigenvalue weighted by molar-refractivity contribution is -0.0115. The molecule has 2 aliphatic heterocycles. The monoisotopic (exact) mass is 399 g/mol. The van der Waals surface area contributed by atoms with E-state index in [1.54, 1.807) is 5.57 Å². The molecule has 3 heterocycles. The standard InChI is InChI=1S/C22H33N5O2/c1-22(2)17-4-3-16(19(22)13-17)14-25-7-5-18(6-8-25)27-15-20(23-24-27)21(28)26-9-11-29-12-10-26/h3,15,17-19H,4-14H2,1-2H3/t17-,19-/m0/s1. The Morgan fingerprint density at radius 1 is 1.21 bits per heavy atom. The Labute approximate surface area is 173 Å². The van der Waals surface area contributed by atoms with E-state index >= 15 is 0 Å². The molecule has 1 saturated carbocycles. The summed E-state index contributed by atoms with van der Waals surface area (Å²) in [4.78, 5) is 17.0. The van der Waals surface area contributed by atoms with Crippen molar-refractivity contribution in [3.8, 4) is 0 Å². The fourth-order valence-corrected chi connectivity index (χ4v) is 5.74. The normalized spacial score (nSPS) is 30.0. The second kappa shape index (κ2) is 7.51. The minimum atomic E-state index is -0.0253. The highest BCUT2D eigenvalue weighted by molar-refractivity contribution is 5.92. The molecular weight excluding hydrogens is 366 g/mol. The van der Waals surface area contributed by atoms with Crippen LogP contribution in [-0.2, 0) is 4.74 Å². The first-order valence-corrected chi connectivity index (χ1v) is 11.2. The Hall–Kier alpha value is -1.73. The Balaban J connectivity index is 1.15. The highest BCUT2D eigenvalue weighted by Crippen LogP contribution is 2.59. The summed E-state index contributed by atoms with van der Waals surface area (Å²) in [7, 11) is 0. The lowest BCUT2D eigenvalue weighted by Gasteiger charge is -2.57. The summed E-state index contributed by atoms with van der Waals surface area (Å²) in [5, 5.41) is 8.46. The van der Waals surface area contributed by atoms with Gasteiger partial charge in [0.1, 0.15) is 0 Å². The van der Waals surface area contributed by atoms with Gasteiger partial charge in [0.05, 0.1) is 25.5 Å². The maximum atomic E-state index is 12.6. The number of allylic oxidation sites excluding steroid dienone is 1. The molecule has 0 N–H and O–H groups in total. The number of likely N-dealkylation sites (tertiary alicyclic amines) is 1. The van der Waals surface area contributed by atoms with Crippen LogP contribution in [0.25, 0.3) is 0 Å². The molecule has 2 atom stereocenters. The zero-order chi connectivity index (χ0) is 20.0. The summed E-state index contributed by atoms with van der Waals surface area (Å²) < 4.78 is 7.25. The lowest BCUT2D eigenvalue weighted by atomic mass is 9.49. The summed E-state index contributed by atoms with van der Waals surface area (Å²) in [6.07, 6.45) is 9.18. The van der Waals surface area contributed by atoms with Crippen molar-refractivity contribution in [3.05, 3.63) is 23.5 Å². The van der Waals surface area contributed by atoms with E-state index in [0.717, 1.165) is 44.3 Å². The number of piperidine rings is 1. The van der Waals surface area contributed by atoms with Crippen LogP contribution in [0.4, 0.5) is 0 Å². The summed E-state index contributed by atoms with van der Waals surface area (Å²) in [6, 6.07) is 0.342. The van der Waals surface area contributed by atoms with Crippen molar-refractivity contribution in [2.45, 2.75) is 45.6 Å². The fourth-order valence-electron chi connectivity index (χ4n) is 5.74. The quantitative estimate of drug-likeness (QED) is 0.728. The van der Waals surface area contributed by atoms with E-state index in [2.05, 4.69) is 35.1 Å². The number of nitrogens with zero attached hydrogens (tertiary/aromatic N) is 5. The number of carbonyl (C=O) groups is 1. The summed E-state index contributed by atoms with van der Waals surface area (Å²) in [5.74, 6) is 1.68. The van der Waals surface area contributed by atoms with E-state index in [-0.39, 0.29) is 5.91 Å². The first-order chi connectivity index (χ1) is 14.0. The molecule has 3 fully saturated rings. The van der Waals surface area contributed by atoms with Crippen molar-refractivity contribution in [1.82, 2.24) is 24.8 Å². The molecule has 3 aliphatic carbocycles. The number of hydrogen-bond donors (Lipinski definition) is 0. The third-order valence-electron chi connectivity index (χ3n) is 7.95. The molecule has 6 rings (SSSR count). The van der Waals surface area contributed by atoms with Crippen molar-refractivity contribution in [3.63, 3.8) is 0 Å². The zero-order valence-electron chi connectivity index (χ0n) is 17.7. The topological polar surface area (TPSA) is 63.5 Å². The van der Waals surface area contributed by atoms with Crippen LogP contribution in [0.3, 0.4) is 0 Å². The largest absolute Gasteiger partial charge is 0.378 e. The van der Waals surface area contributed by atoms with Crippen LogP contribution in [0, 0.1) is 17.3 Å². The lowest BCUT2D eigenvalue weighted by Crippen LogP contribution is -2.50. The molecule has 0 aromatic carbocycles. The van der Waals surface area contributed by atoms with Crippen LogP contribution in [0.2, 0.25) is 0 Å². The van der Waals surface area contributed by atoms with Gasteiger partial charge in [0.2, 0.25) is 0 Å². The zero-order valence-corrected chi connectivity index (χ0v) is 17.7. The second-order valence-corrected chi connectivity index (χ2v) is 9.82. The molecule has 0 spiro atoms. The van der Waals surface area contributed by atoms with Crippen LogP contribution >= 0.6 is 0 Å². The van der Waals surface area contributed by atoms with Gasteiger partial charge in [0, 0.05) is 32.7 Å². The molecule has 2 bridgehead atoms. The first-order valence-electron chi connectivity index (χ1n) is 11.2. The molecule has 29 heavy (non-hydrogen) atoms. The van der Waals surface area contributed by atoms with Gasteiger partial charge in [0.15, 0.2) is 5.69 Å². The van der Waals surface area contributed by atoms with Gasteiger partial charge in [-0.2, -0.15) is 0 Å². The molecule has 1 aromatic heterocycles. The maximum absolute atomic E-state index is 12.6. The van der Waals surface area contributed by atoms with Gasteiger partial charge < -0.3 is 9.64 Å². The van der Waals surface area contributed by atoms with Gasteiger partial charge >= 0.3 is 0 Å². The molecule has 7 heteroatoms. The predicted molar refractivity (Wildman–Crippen MR) is 110 cm³/mol. The van der Waals surface area contributed by atoms with Gasteiger partial charge in [-0.25, -0.2) is 4.68 Å². The molecule has 7 nitrogen and oxygen atoms in total. The Morgan fingerprint density at radius 3 is 2.66 bits per heavy atom. The number of ether oxygens (including phenoxy) is 1. The molecule has 0 unspecified atom stereocenters. The summed E-state index contributed by atoms with van der Waals surface area (Å²) in [5.41, 5.74) is 2.64. The average molecular weight is 400 g/mol. The summed E-state index contributed by atoms with van der Waals surface area (Å²) in [6.45, 7) is 10.7. The van der Waals surface area contributed by atoms with Crippen LogP contribution in [0.15, 0.2) is 17.8 Å². The molecule has 5 aliphatic rings. The van der Waals surface area contributed by atoms with Gasteiger partial charge in [-0.1, -0.05) is 30.7 Å². The van der Waals surface area contributed by atoms with Crippen LogP contribution in [0.5, 0.6) is 0 Å². The number of carbonyl (C=O) groups excluding carboxylic acids is 1. The molecule has 1 amide bonds. The molecule has 0 radical (unpaired) electrons. The highest BCUT2D eigenvalue weighted by Gasteiger charge is 2.51. The smallest absolute Gasteiger partial charge is 0.276 e. The second-order valence-electron chi connectivity index (χ2n) is 9.82. The SMILES string of the molecule is CC1(C)[C@H]2CC=C(CN3CCC(n4cc(C(=O)N5CCOCC5)nn4)CC3)[C@@H]1C2. The van der Waals surface area contributed by atoms with E-state index in [4.69, 9.17) is 4.74 Å². The maximum Gasteiger partial charge on any atom is 0.276 e. The van der Waals surface area contributed by atoms with Gasteiger partial charge in [0.25, 0.3) is 5.91 Å². The third-order valence-corrected chi connectivity index (χ3v) is 7.95. The third kappa shape index (κ3) is 3.52. The number of rotatable bonds is 4. The Bertz CT molecular complexity index is 787. The molecule has 2 saturated heterocycles. The number of morpholine rings is 1. The highest BCUT2D eigenvalue weighted by atomic mass is 16.5. The number of amides is 1. The van der Waals surface area contributed by atoms with Crippen LogP contribution in [-0.4, -0.2) is 76.6 Å². The number of hydrogen-bond acceptors (Lipinski definition) is 5. The minimum Gasteiger partial charge on any atom is -0.378 e. The predicted octanol–water partition coefficient (Wildman–Crippen LogP) is 2.38. The van der Waals surface area contributed by atoms with Crippen molar-refractivity contribution in [2.24, 2.45) is 17.3 Å². The fraction of sp³-hybridized carbons (Fsp3) is 0.773. The van der Waals surface area contributed by atoms with Gasteiger partial charge in [-0.05, 0) is 42.9 Å². The molecular formula is C22H33N5O2. The molecule has 1 aromatic rings. The number of aromatic nitrogens is 3. The average Bonchev–Trinajstić information content (AvgIpc) is 3.24. The summed E-state index contributed by atoms with van der Waals surface area (Å²) >= 11 is 0. The van der Waals surface area contributed by atoms with E-state index in [1.807, 2.05) is 15.8 Å². The van der Waals surface area contributed by atoms with Crippen molar-refractivity contribution in [2.75, 3.05) is 45.9 Å². The van der Waals surface area contributed by atoms with Crippen LogP contribution in [0.1, 0.15) is 56.1 Å². The Morgan fingerprint density at radius 2 is 1.97 bits per heavy atom. The Kier molecular flexibility index (Phi) is 4.98.